The van der Waals surface area contributed by atoms with Crippen LogP contribution in [0.5, 0.6) is 0 Å². The van der Waals surface area contributed by atoms with Crippen LogP contribution in [-0.2, 0) is 17.6 Å². The molecule has 2 aromatic carbocycles. The van der Waals surface area contributed by atoms with Crippen molar-refractivity contribution in [3.8, 4) is 11.3 Å². The van der Waals surface area contributed by atoms with Crippen LogP contribution >= 0.6 is 34.5 Å². The van der Waals surface area contributed by atoms with Gasteiger partial charge in [-0.15, -0.1) is 11.3 Å². The van der Waals surface area contributed by atoms with Gasteiger partial charge in [0, 0.05) is 16.0 Å². The molecule has 25 heavy (non-hydrogen) atoms. The predicted octanol–water partition coefficient (Wildman–Crippen LogP) is 5.86. The molecule has 0 radical (unpaired) electrons. The van der Waals surface area contributed by atoms with Crippen LogP contribution in [0.25, 0.3) is 11.3 Å². The lowest BCUT2D eigenvalue weighted by molar-refractivity contribution is -0.115. The highest BCUT2D eigenvalue weighted by atomic mass is 35.5. The molecule has 0 aliphatic rings. The molecule has 0 atom stereocenters. The van der Waals surface area contributed by atoms with Gasteiger partial charge in [-0.3, -0.25) is 4.79 Å². The average Bonchev–Trinajstić information content (AvgIpc) is 3.03. The minimum atomic E-state index is -0.0904. The van der Waals surface area contributed by atoms with Gasteiger partial charge in [-0.1, -0.05) is 54.4 Å². The van der Waals surface area contributed by atoms with Crippen LogP contribution in [0.4, 0.5) is 5.13 Å². The molecule has 1 heterocycles. The van der Waals surface area contributed by atoms with E-state index in [1.165, 1.54) is 16.9 Å². The van der Waals surface area contributed by atoms with E-state index in [-0.39, 0.29) is 5.91 Å². The number of nitrogens with zero attached hydrogens (tertiary/aromatic N) is 1. The summed E-state index contributed by atoms with van der Waals surface area (Å²) in [7, 11) is 0. The molecular formula is C19H16Cl2N2OS. The van der Waals surface area contributed by atoms with Crippen LogP contribution < -0.4 is 5.32 Å². The summed E-state index contributed by atoms with van der Waals surface area (Å²) in [6.45, 7) is 2.11. The number of nitrogens with one attached hydrogen (secondary N) is 1. The van der Waals surface area contributed by atoms with Gasteiger partial charge in [0.05, 0.1) is 17.1 Å². The van der Waals surface area contributed by atoms with Crippen LogP contribution in [0, 0.1) is 0 Å². The lowest BCUT2D eigenvalue weighted by atomic mass is 10.1. The number of hydrogen-bond donors (Lipinski definition) is 1. The number of aryl methyl sites for hydroxylation is 1. The number of thiazole rings is 1. The summed E-state index contributed by atoms with van der Waals surface area (Å²) in [5.41, 5.74) is 3.74. The van der Waals surface area contributed by atoms with E-state index in [1.54, 1.807) is 12.1 Å². The lowest BCUT2D eigenvalue weighted by Gasteiger charge is -2.04. The predicted molar refractivity (Wildman–Crippen MR) is 106 cm³/mol. The fourth-order valence-corrected chi connectivity index (χ4v) is 3.63. The van der Waals surface area contributed by atoms with Gasteiger partial charge in [-0.05, 0) is 35.7 Å². The molecule has 0 unspecified atom stereocenters. The molecule has 128 valence electrons. The maximum Gasteiger partial charge on any atom is 0.230 e. The van der Waals surface area contributed by atoms with Crippen LogP contribution in [0.3, 0.4) is 0 Å². The zero-order valence-electron chi connectivity index (χ0n) is 13.6. The van der Waals surface area contributed by atoms with Gasteiger partial charge in [0.2, 0.25) is 5.91 Å². The van der Waals surface area contributed by atoms with Crippen molar-refractivity contribution < 1.29 is 4.79 Å². The Morgan fingerprint density at radius 2 is 1.84 bits per heavy atom. The third kappa shape index (κ3) is 4.60. The van der Waals surface area contributed by atoms with E-state index in [1.807, 2.05) is 35.7 Å². The van der Waals surface area contributed by atoms with Crippen LogP contribution in [0.1, 0.15) is 18.1 Å². The van der Waals surface area contributed by atoms with Crippen LogP contribution in [-0.4, -0.2) is 10.9 Å². The molecule has 0 fully saturated rings. The molecule has 1 N–H and O–H groups in total. The zero-order chi connectivity index (χ0) is 17.8. The maximum absolute atomic E-state index is 12.2. The van der Waals surface area contributed by atoms with Crippen molar-refractivity contribution in [3.63, 3.8) is 0 Å². The number of aromatic nitrogens is 1. The fourth-order valence-electron chi connectivity index (χ4n) is 2.39. The molecule has 3 aromatic rings. The molecule has 0 aliphatic carbocycles. The quantitative estimate of drug-likeness (QED) is 0.592. The van der Waals surface area contributed by atoms with E-state index in [0.717, 1.165) is 17.5 Å². The third-order valence-corrected chi connectivity index (χ3v) is 5.06. The van der Waals surface area contributed by atoms with Gasteiger partial charge in [0.1, 0.15) is 0 Å². The summed E-state index contributed by atoms with van der Waals surface area (Å²) < 4.78 is 0. The van der Waals surface area contributed by atoms with E-state index in [2.05, 4.69) is 17.2 Å². The summed E-state index contributed by atoms with van der Waals surface area (Å²) in [5.74, 6) is -0.0904. The summed E-state index contributed by atoms with van der Waals surface area (Å²) in [5, 5.41) is 6.36. The van der Waals surface area contributed by atoms with Gasteiger partial charge >= 0.3 is 0 Å². The second kappa shape index (κ2) is 8.00. The Kier molecular flexibility index (Phi) is 5.74. The molecule has 6 heteroatoms. The number of carbonyl (C=O) groups is 1. The Balaban J connectivity index is 1.67. The first kappa shape index (κ1) is 17.9. The first-order chi connectivity index (χ1) is 12.0. The minimum Gasteiger partial charge on any atom is -0.302 e. The largest absolute Gasteiger partial charge is 0.302 e. The number of hydrogen-bond acceptors (Lipinski definition) is 3. The third-order valence-electron chi connectivity index (χ3n) is 3.75. The fraction of sp³-hybridized carbons (Fsp3) is 0.158. The summed E-state index contributed by atoms with van der Waals surface area (Å²) in [6, 6.07) is 13.3. The topological polar surface area (TPSA) is 42.0 Å². The molecule has 0 saturated heterocycles. The molecule has 1 aromatic heterocycles. The number of halogens is 2. The summed E-state index contributed by atoms with van der Waals surface area (Å²) in [6.07, 6.45) is 1.31. The molecule has 1 amide bonds. The number of rotatable bonds is 5. The van der Waals surface area contributed by atoms with Gasteiger partial charge in [0.25, 0.3) is 0 Å². The molecule has 3 nitrogen and oxygen atoms in total. The molecular weight excluding hydrogens is 375 g/mol. The zero-order valence-corrected chi connectivity index (χ0v) is 15.9. The van der Waals surface area contributed by atoms with Crippen molar-refractivity contribution in [2.75, 3.05) is 5.32 Å². The van der Waals surface area contributed by atoms with E-state index < -0.39 is 0 Å². The van der Waals surface area contributed by atoms with E-state index >= 15 is 0 Å². The van der Waals surface area contributed by atoms with Crippen molar-refractivity contribution in [1.82, 2.24) is 4.98 Å². The van der Waals surface area contributed by atoms with E-state index in [9.17, 15) is 4.79 Å². The lowest BCUT2D eigenvalue weighted by Crippen LogP contribution is -2.14. The second-order valence-electron chi connectivity index (χ2n) is 5.56. The van der Waals surface area contributed by atoms with Gasteiger partial charge in [0.15, 0.2) is 5.13 Å². The van der Waals surface area contributed by atoms with Gasteiger partial charge in [-0.2, -0.15) is 0 Å². The first-order valence-electron chi connectivity index (χ1n) is 7.83. The molecule has 3 rings (SSSR count). The van der Waals surface area contributed by atoms with Gasteiger partial charge < -0.3 is 5.32 Å². The first-order valence-corrected chi connectivity index (χ1v) is 9.47. The average molecular weight is 391 g/mol. The van der Waals surface area contributed by atoms with Gasteiger partial charge in [-0.25, -0.2) is 4.98 Å². The standard InChI is InChI=1S/C19H16Cl2N2OS/c1-2-12-3-5-13(6-4-12)9-18(24)23-19-22-17(11-25-19)15-8-7-14(20)10-16(15)21/h3-8,10-11H,2,9H2,1H3,(H,22,23,24). The number of carbonyl (C=O) groups excluding carboxylic acids is 1. The Morgan fingerprint density at radius 1 is 1.12 bits per heavy atom. The number of anilines is 1. The molecule has 0 spiro atoms. The second-order valence-corrected chi connectivity index (χ2v) is 7.26. The highest BCUT2D eigenvalue weighted by Gasteiger charge is 2.11. The van der Waals surface area contributed by atoms with Crippen molar-refractivity contribution in [1.29, 1.82) is 0 Å². The highest BCUT2D eigenvalue weighted by Crippen LogP contribution is 2.32. The Labute approximate surface area is 160 Å². The summed E-state index contributed by atoms with van der Waals surface area (Å²) in [4.78, 5) is 16.6. The SMILES string of the molecule is CCc1ccc(CC(=O)Nc2nc(-c3ccc(Cl)cc3Cl)cs2)cc1. The van der Waals surface area contributed by atoms with Crippen molar-refractivity contribution in [2.24, 2.45) is 0 Å². The maximum atomic E-state index is 12.2. The molecule has 0 bridgehead atoms. The molecule has 0 saturated carbocycles. The van der Waals surface area contributed by atoms with E-state index in [0.29, 0.717) is 27.3 Å². The Bertz CT molecular complexity index is 891. The highest BCUT2D eigenvalue weighted by molar-refractivity contribution is 7.14. The van der Waals surface area contributed by atoms with Crippen LogP contribution in [0.15, 0.2) is 47.8 Å². The van der Waals surface area contributed by atoms with E-state index in [4.69, 9.17) is 23.2 Å². The van der Waals surface area contributed by atoms with Crippen LogP contribution in [0.2, 0.25) is 10.0 Å². The smallest absolute Gasteiger partial charge is 0.230 e. The van der Waals surface area contributed by atoms with Crippen molar-refractivity contribution in [3.05, 3.63) is 69.0 Å². The van der Waals surface area contributed by atoms with Crippen molar-refractivity contribution in [2.45, 2.75) is 19.8 Å². The summed E-state index contributed by atoms with van der Waals surface area (Å²) >= 11 is 13.5. The monoisotopic (exact) mass is 390 g/mol. The van der Waals surface area contributed by atoms with Crippen molar-refractivity contribution >= 4 is 45.6 Å². The minimum absolute atomic E-state index is 0.0904. The molecule has 0 aliphatic heterocycles. The Morgan fingerprint density at radius 3 is 2.52 bits per heavy atom. The normalized spacial score (nSPS) is 10.7. The Hall–Kier alpha value is -1.88. The number of amides is 1. The number of benzene rings is 2.